The Bertz CT molecular complexity index is 460. The molecule has 0 unspecified atom stereocenters. The van der Waals surface area contributed by atoms with Gasteiger partial charge in [-0.05, 0) is 13.8 Å². The van der Waals surface area contributed by atoms with Crippen LogP contribution >= 0.6 is 23.1 Å². The van der Waals surface area contributed by atoms with Crippen LogP contribution in [-0.2, 0) is 5.75 Å². The van der Waals surface area contributed by atoms with E-state index in [9.17, 15) is 0 Å². The minimum absolute atomic E-state index is 0.819. The van der Waals surface area contributed by atoms with Crippen LogP contribution in [0.25, 0.3) is 0 Å². The number of hydrogen-bond donors (Lipinski definition) is 1. The zero-order valence-corrected chi connectivity index (χ0v) is 10.9. The molecule has 0 fully saturated rings. The van der Waals surface area contributed by atoms with Gasteiger partial charge in [0.05, 0.1) is 5.69 Å². The topological polar surface area (TPSA) is 63.8 Å². The van der Waals surface area contributed by atoms with Crippen molar-refractivity contribution in [2.75, 3.05) is 12.4 Å². The Kier molecular flexibility index (Phi) is 3.45. The fourth-order valence-corrected chi connectivity index (χ4v) is 3.07. The minimum Gasteiger partial charge on any atom is -0.363 e. The van der Waals surface area contributed by atoms with Crippen LogP contribution in [0.2, 0.25) is 0 Å². The van der Waals surface area contributed by atoms with Crippen molar-refractivity contribution in [1.29, 1.82) is 0 Å². The summed E-state index contributed by atoms with van der Waals surface area (Å²) in [4.78, 5) is 0. The summed E-state index contributed by atoms with van der Waals surface area (Å²) < 4.78 is 6.05. The number of anilines is 1. The van der Waals surface area contributed by atoms with Gasteiger partial charge >= 0.3 is 0 Å². The van der Waals surface area contributed by atoms with Crippen molar-refractivity contribution in [2.24, 2.45) is 0 Å². The van der Waals surface area contributed by atoms with E-state index in [-0.39, 0.29) is 0 Å². The van der Waals surface area contributed by atoms with Crippen LogP contribution in [0.15, 0.2) is 8.86 Å². The van der Waals surface area contributed by atoms with E-state index in [0.29, 0.717) is 0 Å². The highest BCUT2D eigenvalue weighted by molar-refractivity contribution is 8.00. The molecule has 0 aliphatic carbocycles. The molecular weight excluding hydrogens is 244 g/mol. The Balaban J connectivity index is 2.02. The fourth-order valence-electron chi connectivity index (χ4n) is 1.21. The first-order valence-corrected chi connectivity index (χ1v) is 6.56. The van der Waals surface area contributed by atoms with Crippen molar-refractivity contribution < 1.29 is 4.52 Å². The average Bonchev–Trinajstić information content (AvgIpc) is 2.85. The summed E-state index contributed by atoms with van der Waals surface area (Å²) in [5.74, 6) is 1.70. The molecule has 86 valence electrons. The Hall–Kier alpha value is -1.08. The predicted octanol–water partition coefficient (Wildman–Crippen LogP) is 2.48. The standard InChI is InChI=1S/C9H12N4OS2/c1-5-7(6(2)14-13-5)4-15-9-12-11-8(10-3)16-9/h4H2,1-3H3,(H,10,11). The molecule has 2 heterocycles. The van der Waals surface area contributed by atoms with Gasteiger partial charge in [0.15, 0.2) is 4.34 Å². The molecule has 0 saturated carbocycles. The second-order valence-electron chi connectivity index (χ2n) is 3.21. The van der Waals surface area contributed by atoms with E-state index in [1.54, 1.807) is 23.1 Å². The first-order valence-electron chi connectivity index (χ1n) is 4.76. The molecule has 0 bridgehead atoms. The molecule has 2 rings (SSSR count). The molecule has 0 aromatic carbocycles. The van der Waals surface area contributed by atoms with Gasteiger partial charge in [-0.1, -0.05) is 28.3 Å². The normalized spacial score (nSPS) is 10.7. The van der Waals surface area contributed by atoms with Crippen molar-refractivity contribution in [2.45, 2.75) is 23.9 Å². The zero-order chi connectivity index (χ0) is 11.5. The minimum atomic E-state index is 0.819. The van der Waals surface area contributed by atoms with E-state index >= 15 is 0 Å². The third-order valence-corrected chi connectivity index (χ3v) is 4.24. The van der Waals surface area contributed by atoms with E-state index in [1.807, 2.05) is 20.9 Å². The number of rotatable bonds is 4. The molecule has 2 aromatic rings. The van der Waals surface area contributed by atoms with Crippen molar-refractivity contribution in [3.05, 3.63) is 17.0 Å². The smallest absolute Gasteiger partial charge is 0.206 e. The van der Waals surface area contributed by atoms with Gasteiger partial charge in [0.2, 0.25) is 5.13 Å². The third kappa shape index (κ3) is 2.35. The molecule has 0 atom stereocenters. The van der Waals surface area contributed by atoms with Crippen LogP contribution in [0, 0.1) is 13.8 Å². The molecule has 0 radical (unpaired) electrons. The fraction of sp³-hybridized carbons (Fsp3) is 0.444. The summed E-state index contributed by atoms with van der Waals surface area (Å²) in [5.41, 5.74) is 2.09. The summed E-state index contributed by atoms with van der Waals surface area (Å²) in [6.45, 7) is 3.88. The molecule has 5 nitrogen and oxygen atoms in total. The summed E-state index contributed by atoms with van der Waals surface area (Å²) in [6.07, 6.45) is 0. The van der Waals surface area contributed by atoms with Gasteiger partial charge < -0.3 is 9.84 Å². The lowest BCUT2D eigenvalue weighted by Crippen LogP contribution is -1.85. The quantitative estimate of drug-likeness (QED) is 0.848. The highest BCUT2D eigenvalue weighted by atomic mass is 32.2. The van der Waals surface area contributed by atoms with Crippen molar-refractivity contribution >= 4 is 28.2 Å². The summed E-state index contributed by atoms with van der Waals surface area (Å²) in [7, 11) is 1.84. The van der Waals surface area contributed by atoms with Crippen LogP contribution in [0.5, 0.6) is 0 Å². The molecule has 0 spiro atoms. The Morgan fingerprint density at radius 1 is 1.38 bits per heavy atom. The van der Waals surface area contributed by atoms with E-state index < -0.39 is 0 Å². The maximum atomic E-state index is 5.10. The van der Waals surface area contributed by atoms with Crippen molar-refractivity contribution in [3.63, 3.8) is 0 Å². The average molecular weight is 256 g/mol. The lowest BCUT2D eigenvalue weighted by atomic mass is 10.2. The molecule has 0 aliphatic rings. The van der Waals surface area contributed by atoms with Crippen molar-refractivity contribution in [3.8, 4) is 0 Å². The lowest BCUT2D eigenvalue weighted by Gasteiger charge is -1.95. The molecule has 0 aliphatic heterocycles. The second-order valence-corrected chi connectivity index (χ2v) is 5.41. The van der Waals surface area contributed by atoms with E-state index in [1.165, 1.54) is 0 Å². The maximum Gasteiger partial charge on any atom is 0.206 e. The highest BCUT2D eigenvalue weighted by Gasteiger charge is 2.11. The first kappa shape index (κ1) is 11.4. The molecule has 2 aromatic heterocycles. The van der Waals surface area contributed by atoms with Crippen LogP contribution in [0.4, 0.5) is 5.13 Å². The number of aryl methyl sites for hydroxylation is 2. The number of hydrogen-bond acceptors (Lipinski definition) is 7. The second kappa shape index (κ2) is 4.84. The van der Waals surface area contributed by atoms with Gasteiger partial charge in [0.25, 0.3) is 0 Å². The van der Waals surface area contributed by atoms with Gasteiger partial charge in [-0.15, -0.1) is 10.2 Å². The van der Waals surface area contributed by atoms with E-state index in [0.717, 1.165) is 32.2 Å². The lowest BCUT2D eigenvalue weighted by molar-refractivity contribution is 0.392. The van der Waals surface area contributed by atoms with Gasteiger partial charge in [-0.25, -0.2) is 0 Å². The van der Waals surface area contributed by atoms with Gasteiger partial charge in [0.1, 0.15) is 5.76 Å². The summed E-state index contributed by atoms with van der Waals surface area (Å²) in [6, 6.07) is 0. The highest BCUT2D eigenvalue weighted by Crippen LogP contribution is 2.29. The molecule has 0 amide bonds. The van der Waals surface area contributed by atoms with E-state index in [4.69, 9.17) is 4.52 Å². The summed E-state index contributed by atoms with van der Waals surface area (Å²) in [5, 5.41) is 15.8. The number of thioether (sulfide) groups is 1. The van der Waals surface area contributed by atoms with Gasteiger partial charge in [-0.2, -0.15) is 0 Å². The number of aromatic nitrogens is 3. The van der Waals surface area contributed by atoms with Crippen LogP contribution < -0.4 is 5.32 Å². The van der Waals surface area contributed by atoms with Crippen LogP contribution in [0.3, 0.4) is 0 Å². The Labute approximate surface area is 102 Å². The SMILES string of the molecule is CNc1nnc(SCc2c(C)noc2C)s1. The van der Waals surface area contributed by atoms with Crippen LogP contribution in [-0.4, -0.2) is 22.4 Å². The molecule has 7 heteroatoms. The van der Waals surface area contributed by atoms with Crippen LogP contribution in [0.1, 0.15) is 17.0 Å². The largest absolute Gasteiger partial charge is 0.363 e. The zero-order valence-electron chi connectivity index (χ0n) is 9.27. The third-order valence-electron chi connectivity index (χ3n) is 2.14. The Morgan fingerprint density at radius 3 is 2.75 bits per heavy atom. The number of nitrogens with zero attached hydrogens (tertiary/aromatic N) is 3. The van der Waals surface area contributed by atoms with Gasteiger partial charge in [0, 0.05) is 18.4 Å². The molecule has 0 saturated heterocycles. The predicted molar refractivity (Wildman–Crippen MR) is 65.0 cm³/mol. The molecular formula is C9H12N4OS2. The molecule has 16 heavy (non-hydrogen) atoms. The monoisotopic (exact) mass is 256 g/mol. The van der Waals surface area contributed by atoms with E-state index in [2.05, 4.69) is 20.7 Å². The van der Waals surface area contributed by atoms with Crippen molar-refractivity contribution in [1.82, 2.24) is 15.4 Å². The number of nitrogens with one attached hydrogen (secondary N) is 1. The Morgan fingerprint density at radius 2 is 2.19 bits per heavy atom. The first-order chi connectivity index (χ1) is 7.70. The molecule has 1 N–H and O–H groups in total. The maximum absolute atomic E-state index is 5.10. The van der Waals surface area contributed by atoms with Gasteiger partial charge in [-0.3, -0.25) is 0 Å². The summed E-state index contributed by atoms with van der Waals surface area (Å²) >= 11 is 3.19.